The minimum Gasteiger partial charge on any atom is -0.326 e. The summed E-state index contributed by atoms with van der Waals surface area (Å²) >= 11 is 5.82. The van der Waals surface area contributed by atoms with E-state index in [9.17, 15) is 0 Å². The molecule has 0 amide bonds. The molecule has 74 valence electrons. The van der Waals surface area contributed by atoms with Gasteiger partial charge in [-0.15, -0.1) is 0 Å². The first-order valence-corrected chi connectivity index (χ1v) is 5.41. The van der Waals surface area contributed by atoms with E-state index in [1.54, 1.807) is 0 Å². The monoisotopic (exact) mass is 222 g/mol. The Labute approximate surface area is 82.9 Å². The van der Waals surface area contributed by atoms with Crippen LogP contribution in [0.4, 0.5) is 0 Å². The molecule has 2 N–H and O–H groups in total. The number of halogens is 1. The van der Waals surface area contributed by atoms with Gasteiger partial charge in [0.1, 0.15) is 0 Å². The molecule has 0 bridgehead atoms. The molecular formula is C8H12ClO3P. The van der Waals surface area contributed by atoms with E-state index >= 15 is 0 Å². The highest BCUT2D eigenvalue weighted by molar-refractivity contribution is 7.30. The van der Waals surface area contributed by atoms with Crippen LogP contribution in [0.25, 0.3) is 0 Å². The van der Waals surface area contributed by atoms with Gasteiger partial charge in [0.05, 0.1) is 0 Å². The third kappa shape index (κ3) is 6.79. The van der Waals surface area contributed by atoms with E-state index < -0.39 is 8.25 Å². The van der Waals surface area contributed by atoms with Gasteiger partial charge in [-0.1, -0.05) is 36.7 Å². The number of hydrogen-bond donors (Lipinski definition) is 2. The Kier molecular flexibility index (Phi) is 6.92. The average Bonchev–Trinajstić information content (AvgIpc) is 2.04. The average molecular weight is 223 g/mol. The van der Waals surface area contributed by atoms with E-state index in [0.717, 1.165) is 11.4 Å². The Morgan fingerprint density at radius 3 is 2.15 bits per heavy atom. The molecule has 13 heavy (non-hydrogen) atoms. The molecule has 0 aliphatic heterocycles. The van der Waals surface area contributed by atoms with Crippen molar-refractivity contribution in [2.45, 2.75) is 13.3 Å². The predicted octanol–water partition coefficient (Wildman–Crippen LogP) is 2.26. The highest BCUT2D eigenvalue weighted by atomic mass is 35.5. The van der Waals surface area contributed by atoms with E-state index in [-0.39, 0.29) is 0 Å². The standard InChI is InChI=1S/C8H9Cl.H3O3P/c1-2-7-5-3-4-6-8(7)9;1-4(2)3/h3-6H,2H2,1H3;4H,(H2,1,2,3). The number of aryl methyl sites for hydroxylation is 1. The molecule has 1 aromatic rings. The predicted molar refractivity (Wildman–Crippen MR) is 54.3 cm³/mol. The molecule has 0 saturated carbocycles. The van der Waals surface area contributed by atoms with Crippen molar-refractivity contribution in [1.82, 2.24) is 0 Å². The smallest absolute Gasteiger partial charge is 0.314 e. The van der Waals surface area contributed by atoms with Gasteiger partial charge in [-0.25, -0.2) is 0 Å². The Balaban J connectivity index is 0.000000310. The minimum atomic E-state index is -3.13. The van der Waals surface area contributed by atoms with Gasteiger partial charge in [0.25, 0.3) is 0 Å². The fourth-order valence-electron chi connectivity index (χ4n) is 0.785. The molecule has 1 aromatic carbocycles. The summed E-state index contributed by atoms with van der Waals surface area (Å²) in [5, 5.41) is 0.875. The van der Waals surface area contributed by atoms with E-state index in [1.807, 2.05) is 24.3 Å². The molecule has 0 unspecified atom stereocenters. The lowest BCUT2D eigenvalue weighted by Gasteiger charge is -1.96. The van der Waals surface area contributed by atoms with Gasteiger partial charge in [-0.05, 0) is 18.1 Å². The van der Waals surface area contributed by atoms with Gasteiger partial charge >= 0.3 is 8.25 Å². The molecule has 1 rings (SSSR count). The van der Waals surface area contributed by atoms with Crippen LogP contribution in [-0.2, 0) is 11.0 Å². The molecule has 0 aliphatic carbocycles. The summed E-state index contributed by atoms with van der Waals surface area (Å²) in [6, 6.07) is 7.91. The van der Waals surface area contributed by atoms with Gasteiger partial charge in [0.2, 0.25) is 0 Å². The SMILES string of the molecule is CCc1ccccc1Cl.O=[PH](O)O. The van der Waals surface area contributed by atoms with Crippen molar-refractivity contribution in [3.05, 3.63) is 34.9 Å². The van der Waals surface area contributed by atoms with Crippen LogP contribution in [0.15, 0.2) is 24.3 Å². The summed E-state index contributed by atoms with van der Waals surface area (Å²) in [6.07, 6.45) is 1.01. The lowest BCUT2D eigenvalue weighted by molar-refractivity contribution is 0.405. The van der Waals surface area contributed by atoms with Crippen LogP contribution in [0.5, 0.6) is 0 Å². The first kappa shape index (κ1) is 12.7. The Hall–Kier alpha value is -0.340. The first-order chi connectivity index (χ1) is 6.07. The van der Waals surface area contributed by atoms with Gasteiger partial charge in [-0.2, -0.15) is 0 Å². The fourth-order valence-corrected chi connectivity index (χ4v) is 1.05. The van der Waals surface area contributed by atoms with Crippen molar-refractivity contribution < 1.29 is 14.4 Å². The van der Waals surface area contributed by atoms with Crippen molar-refractivity contribution >= 4 is 19.9 Å². The largest absolute Gasteiger partial charge is 0.326 e. The molecule has 0 atom stereocenters. The summed E-state index contributed by atoms with van der Waals surface area (Å²) in [6.45, 7) is 2.10. The molecule has 0 saturated heterocycles. The second-order valence-electron chi connectivity index (χ2n) is 2.23. The Bertz CT molecular complexity index is 274. The Morgan fingerprint density at radius 1 is 1.38 bits per heavy atom. The minimum absolute atomic E-state index is 0.875. The fraction of sp³-hybridized carbons (Fsp3) is 0.250. The molecule has 0 aliphatic rings. The summed E-state index contributed by atoms with van der Waals surface area (Å²) in [4.78, 5) is 14.3. The summed E-state index contributed by atoms with van der Waals surface area (Å²) in [7, 11) is -3.13. The third-order valence-corrected chi connectivity index (χ3v) is 1.71. The second-order valence-corrected chi connectivity index (χ2v) is 3.20. The quantitative estimate of drug-likeness (QED) is 0.717. The van der Waals surface area contributed by atoms with Crippen LogP contribution in [0.2, 0.25) is 5.02 Å². The Morgan fingerprint density at radius 2 is 1.85 bits per heavy atom. The molecule has 3 nitrogen and oxygen atoms in total. The summed E-state index contributed by atoms with van der Waals surface area (Å²) in [5.41, 5.74) is 1.22. The van der Waals surface area contributed by atoms with Crippen LogP contribution in [0.3, 0.4) is 0 Å². The maximum absolute atomic E-state index is 8.74. The molecule has 0 fully saturated rings. The van der Waals surface area contributed by atoms with Crippen molar-refractivity contribution in [3.63, 3.8) is 0 Å². The van der Waals surface area contributed by atoms with Gasteiger partial charge in [0, 0.05) is 5.02 Å². The highest BCUT2D eigenvalue weighted by Crippen LogP contribution is 2.14. The molecule has 5 heteroatoms. The van der Waals surface area contributed by atoms with Gasteiger partial charge in [0.15, 0.2) is 0 Å². The van der Waals surface area contributed by atoms with E-state index in [2.05, 4.69) is 6.92 Å². The molecule has 0 spiro atoms. The third-order valence-electron chi connectivity index (χ3n) is 1.34. The lowest BCUT2D eigenvalue weighted by Crippen LogP contribution is -1.78. The number of benzene rings is 1. The number of rotatable bonds is 1. The zero-order chi connectivity index (χ0) is 10.3. The maximum Gasteiger partial charge on any atom is 0.314 e. The van der Waals surface area contributed by atoms with Crippen LogP contribution >= 0.6 is 19.9 Å². The molecule has 0 radical (unpaired) electrons. The summed E-state index contributed by atoms with van der Waals surface area (Å²) in [5.74, 6) is 0. The van der Waals surface area contributed by atoms with E-state index in [4.69, 9.17) is 26.0 Å². The van der Waals surface area contributed by atoms with Crippen LogP contribution in [-0.4, -0.2) is 9.79 Å². The van der Waals surface area contributed by atoms with Crippen molar-refractivity contribution in [1.29, 1.82) is 0 Å². The van der Waals surface area contributed by atoms with Crippen molar-refractivity contribution in [2.24, 2.45) is 0 Å². The van der Waals surface area contributed by atoms with Crippen molar-refractivity contribution in [2.75, 3.05) is 0 Å². The zero-order valence-electron chi connectivity index (χ0n) is 7.20. The topological polar surface area (TPSA) is 57.5 Å². The molecule has 0 heterocycles. The van der Waals surface area contributed by atoms with Crippen LogP contribution in [0.1, 0.15) is 12.5 Å². The van der Waals surface area contributed by atoms with Crippen LogP contribution in [0, 0.1) is 0 Å². The maximum atomic E-state index is 8.74. The first-order valence-electron chi connectivity index (χ1n) is 3.73. The normalized spacial score (nSPS) is 9.31. The van der Waals surface area contributed by atoms with Crippen molar-refractivity contribution in [3.8, 4) is 0 Å². The van der Waals surface area contributed by atoms with E-state index in [1.165, 1.54) is 5.56 Å². The van der Waals surface area contributed by atoms with Gasteiger partial charge < -0.3 is 9.79 Å². The number of hydrogen-bond acceptors (Lipinski definition) is 1. The highest BCUT2D eigenvalue weighted by Gasteiger charge is 1.91. The zero-order valence-corrected chi connectivity index (χ0v) is 8.95. The van der Waals surface area contributed by atoms with E-state index in [0.29, 0.717) is 0 Å². The second kappa shape index (κ2) is 7.10. The molecular weight excluding hydrogens is 211 g/mol. The summed E-state index contributed by atoms with van der Waals surface area (Å²) < 4.78 is 8.74. The molecule has 0 aromatic heterocycles. The van der Waals surface area contributed by atoms with Crippen LogP contribution < -0.4 is 0 Å². The lowest BCUT2D eigenvalue weighted by atomic mass is 10.2. The van der Waals surface area contributed by atoms with Gasteiger partial charge in [-0.3, -0.25) is 4.57 Å².